The Balaban J connectivity index is 1.49. The number of amides is 1. The predicted octanol–water partition coefficient (Wildman–Crippen LogP) is 1.73. The van der Waals surface area contributed by atoms with Crippen LogP contribution < -0.4 is 10.5 Å². The van der Waals surface area contributed by atoms with E-state index in [1.807, 2.05) is 12.3 Å². The van der Waals surface area contributed by atoms with E-state index in [-0.39, 0.29) is 17.2 Å². The highest BCUT2D eigenvalue weighted by atomic mass is 16.2. The highest BCUT2D eigenvalue weighted by molar-refractivity contribution is 5.92. The summed E-state index contributed by atoms with van der Waals surface area (Å²) in [4.78, 5) is 42.6. The summed E-state index contributed by atoms with van der Waals surface area (Å²) in [6.45, 7) is 1.28. The molecule has 0 aromatic carbocycles. The van der Waals surface area contributed by atoms with Crippen LogP contribution in [0, 0.1) is 0 Å². The minimum Gasteiger partial charge on any atom is -0.348 e. The molecule has 0 bridgehead atoms. The molecule has 4 rings (SSSR count). The zero-order valence-corrected chi connectivity index (χ0v) is 15.4. The second-order valence-corrected chi connectivity index (χ2v) is 7.06. The van der Waals surface area contributed by atoms with Gasteiger partial charge in [0, 0.05) is 51.0 Å². The third-order valence-electron chi connectivity index (χ3n) is 5.08. The number of aromatic amines is 2. The highest BCUT2D eigenvalue weighted by Crippen LogP contribution is 2.32. The smallest absolute Gasteiger partial charge is 0.272 e. The van der Waals surface area contributed by atoms with Crippen LogP contribution in [-0.4, -0.2) is 57.9 Å². The third kappa shape index (κ3) is 3.30. The largest absolute Gasteiger partial charge is 0.348 e. The summed E-state index contributed by atoms with van der Waals surface area (Å²) in [7, 11) is 3.54. The van der Waals surface area contributed by atoms with Crippen LogP contribution in [0.1, 0.15) is 34.8 Å². The van der Waals surface area contributed by atoms with E-state index in [1.54, 1.807) is 30.1 Å². The second-order valence-electron chi connectivity index (χ2n) is 7.06. The van der Waals surface area contributed by atoms with Crippen LogP contribution in [0.25, 0.3) is 11.0 Å². The van der Waals surface area contributed by atoms with E-state index in [0.717, 1.165) is 23.9 Å². The number of carbonyl (C=O) groups excluding carboxylic acids is 1. The molecule has 8 heteroatoms. The fourth-order valence-electron chi connectivity index (χ4n) is 3.64. The molecule has 0 aliphatic carbocycles. The number of likely N-dealkylation sites (tertiary alicyclic amines) is 1. The average Bonchev–Trinajstić information content (AvgIpc) is 3.11. The first kappa shape index (κ1) is 17.3. The first-order valence-electron chi connectivity index (χ1n) is 9.03. The van der Waals surface area contributed by atoms with Gasteiger partial charge in [-0.25, -0.2) is 9.97 Å². The van der Waals surface area contributed by atoms with Crippen molar-refractivity contribution in [2.45, 2.75) is 18.8 Å². The van der Waals surface area contributed by atoms with E-state index in [9.17, 15) is 9.59 Å². The Labute approximate surface area is 156 Å². The maximum absolute atomic E-state index is 12.8. The van der Waals surface area contributed by atoms with Gasteiger partial charge < -0.3 is 14.8 Å². The van der Waals surface area contributed by atoms with Gasteiger partial charge >= 0.3 is 0 Å². The molecule has 0 spiro atoms. The number of nitrogens with zero attached hydrogens (tertiary/aromatic N) is 4. The lowest BCUT2D eigenvalue weighted by Crippen LogP contribution is -2.39. The highest BCUT2D eigenvalue weighted by Gasteiger charge is 2.27. The summed E-state index contributed by atoms with van der Waals surface area (Å²) in [5.41, 5.74) is 2.03. The molecule has 1 amide bonds. The SMILES string of the molecule is CN(C)c1nc(C(=O)N2CCC(c3c[nH]c4ncccc34)CC2)cc(=O)[nH]1. The Kier molecular flexibility index (Phi) is 4.39. The lowest BCUT2D eigenvalue weighted by Gasteiger charge is -2.31. The van der Waals surface area contributed by atoms with Gasteiger partial charge in [0.05, 0.1) is 0 Å². The molecule has 1 fully saturated rings. The van der Waals surface area contributed by atoms with Gasteiger partial charge in [-0.3, -0.25) is 14.6 Å². The van der Waals surface area contributed by atoms with Gasteiger partial charge in [0.15, 0.2) is 0 Å². The van der Waals surface area contributed by atoms with Gasteiger partial charge in [0.1, 0.15) is 11.3 Å². The number of carbonyl (C=O) groups is 1. The number of piperidine rings is 1. The molecule has 3 aromatic heterocycles. The fourth-order valence-corrected chi connectivity index (χ4v) is 3.64. The number of H-pyrrole nitrogens is 2. The van der Waals surface area contributed by atoms with Crippen LogP contribution in [-0.2, 0) is 0 Å². The summed E-state index contributed by atoms with van der Waals surface area (Å²) in [5, 5.41) is 1.15. The quantitative estimate of drug-likeness (QED) is 0.736. The predicted molar refractivity (Wildman–Crippen MR) is 103 cm³/mol. The number of aromatic nitrogens is 4. The number of nitrogens with one attached hydrogen (secondary N) is 2. The van der Waals surface area contributed by atoms with Crippen molar-refractivity contribution >= 4 is 22.9 Å². The zero-order chi connectivity index (χ0) is 19.0. The third-order valence-corrected chi connectivity index (χ3v) is 5.08. The molecule has 27 heavy (non-hydrogen) atoms. The molecule has 0 atom stereocenters. The molecule has 0 saturated carbocycles. The van der Waals surface area contributed by atoms with Crippen LogP contribution in [0.4, 0.5) is 5.95 Å². The first-order chi connectivity index (χ1) is 13.0. The van der Waals surface area contributed by atoms with Crippen LogP contribution in [0.3, 0.4) is 0 Å². The molecule has 140 valence electrons. The number of rotatable bonds is 3. The van der Waals surface area contributed by atoms with Crippen LogP contribution in [0.5, 0.6) is 0 Å². The molecule has 0 unspecified atom stereocenters. The molecular weight excluding hydrogens is 344 g/mol. The number of fused-ring (bicyclic) bond motifs is 1. The van der Waals surface area contributed by atoms with Crippen molar-refractivity contribution in [2.24, 2.45) is 0 Å². The van der Waals surface area contributed by atoms with E-state index in [0.29, 0.717) is 25.0 Å². The van der Waals surface area contributed by atoms with E-state index in [1.165, 1.54) is 11.6 Å². The van der Waals surface area contributed by atoms with Crippen molar-refractivity contribution in [3.63, 3.8) is 0 Å². The summed E-state index contributed by atoms with van der Waals surface area (Å²) in [6.07, 6.45) is 5.55. The van der Waals surface area contributed by atoms with Crippen LogP contribution in [0.2, 0.25) is 0 Å². The molecule has 1 aliphatic heterocycles. The monoisotopic (exact) mass is 366 g/mol. The first-order valence-corrected chi connectivity index (χ1v) is 9.03. The molecular formula is C19H22N6O2. The Morgan fingerprint density at radius 1 is 1.30 bits per heavy atom. The molecule has 1 aliphatic rings. The lowest BCUT2D eigenvalue weighted by atomic mass is 9.89. The Hall–Kier alpha value is -3.16. The summed E-state index contributed by atoms with van der Waals surface area (Å²) in [6, 6.07) is 5.29. The zero-order valence-electron chi connectivity index (χ0n) is 15.4. The van der Waals surface area contributed by atoms with E-state index in [2.05, 4.69) is 26.0 Å². The topological polar surface area (TPSA) is 98.0 Å². The Bertz CT molecular complexity index is 1030. The minimum atomic E-state index is -0.321. The average molecular weight is 366 g/mol. The number of hydrogen-bond acceptors (Lipinski definition) is 5. The molecule has 4 heterocycles. The number of hydrogen-bond donors (Lipinski definition) is 2. The van der Waals surface area contributed by atoms with Gasteiger partial charge in [-0.05, 0) is 36.5 Å². The van der Waals surface area contributed by atoms with Gasteiger partial charge in [-0.15, -0.1) is 0 Å². The van der Waals surface area contributed by atoms with Gasteiger partial charge in [-0.2, -0.15) is 0 Å². The van der Waals surface area contributed by atoms with E-state index < -0.39 is 0 Å². The van der Waals surface area contributed by atoms with Gasteiger partial charge in [0.25, 0.3) is 11.5 Å². The summed E-state index contributed by atoms with van der Waals surface area (Å²) in [5.74, 6) is 0.576. The van der Waals surface area contributed by atoms with Crippen molar-refractivity contribution in [2.75, 3.05) is 32.1 Å². The van der Waals surface area contributed by atoms with Gasteiger partial charge in [0.2, 0.25) is 5.95 Å². The summed E-state index contributed by atoms with van der Waals surface area (Å²) >= 11 is 0. The molecule has 3 aromatic rings. The van der Waals surface area contributed by atoms with E-state index in [4.69, 9.17) is 0 Å². The molecule has 0 radical (unpaired) electrons. The van der Waals surface area contributed by atoms with Crippen molar-refractivity contribution in [1.29, 1.82) is 0 Å². The number of pyridine rings is 1. The molecule has 1 saturated heterocycles. The normalized spacial score (nSPS) is 15.3. The fraction of sp³-hybridized carbons (Fsp3) is 0.368. The van der Waals surface area contributed by atoms with E-state index >= 15 is 0 Å². The molecule has 8 nitrogen and oxygen atoms in total. The lowest BCUT2D eigenvalue weighted by molar-refractivity contribution is 0.0707. The standard InChI is InChI=1S/C19H22N6O2/c1-24(2)19-22-15(10-16(26)23-19)18(27)25-8-5-12(6-9-25)14-11-21-17-13(14)4-3-7-20-17/h3-4,7,10-12H,5-6,8-9H2,1-2H3,(H,20,21)(H,22,23,26). The maximum Gasteiger partial charge on any atom is 0.272 e. The minimum absolute atomic E-state index is 0.191. The Morgan fingerprint density at radius 2 is 2.07 bits per heavy atom. The van der Waals surface area contributed by atoms with Crippen molar-refractivity contribution in [3.8, 4) is 0 Å². The van der Waals surface area contributed by atoms with Crippen LogP contribution in [0.15, 0.2) is 35.4 Å². The summed E-state index contributed by atoms with van der Waals surface area (Å²) < 4.78 is 0. The van der Waals surface area contributed by atoms with Crippen molar-refractivity contribution in [1.82, 2.24) is 24.8 Å². The van der Waals surface area contributed by atoms with Crippen molar-refractivity contribution in [3.05, 3.63) is 52.2 Å². The number of anilines is 1. The van der Waals surface area contributed by atoms with Gasteiger partial charge in [-0.1, -0.05) is 0 Å². The Morgan fingerprint density at radius 3 is 2.81 bits per heavy atom. The molecule has 2 N–H and O–H groups in total. The maximum atomic E-state index is 12.8. The van der Waals surface area contributed by atoms with Crippen LogP contribution >= 0.6 is 0 Å². The van der Waals surface area contributed by atoms with Crippen molar-refractivity contribution < 1.29 is 4.79 Å². The second kappa shape index (κ2) is 6.86.